The number of esters is 2. The molecule has 0 spiro atoms. The molecule has 4 rings (SSSR count). The number of hydrogen-bond donors (Lipinski definition) is 4. The number of aromatic carboxylic acids is 4. The van der Waals surface area contributed by atoms with Crippen molar-refractivity contribution in [2.24, 2.45) is 11.3 Å². The first kappa shape index (κ1) is 26.3. The Bertz CT molecular complexity index is 1620. The smallest absolute Gasteiger partial charge is 0.336 e. The van der Waals surface area contributed by atoms with Crippen LogP contribution in [0.1, 0.15) is 62.1 Å². The molecular formula is C26H14O13. The second-order valence-corrected chi connectivity index (χ2v) is 8.41. The van der Waals surface area contributed by atoms with Gasteiger partial charge in [-0.1, -0.05) is 30.4 Å². The molecule has 0 bridgehead atoms. The van der Waals surface area contributed by atoms with Gasteiger partial charge in [-0.15, -0.1) is 0 Å². The van der Waals surface area contributed by atoms with Gasteiger partial charge in [-0.2, -0.15) is 0 Å². The largest absolute Gasteiger partial charge is 0.478 e. The summed E-state index contributed by atoms with van der Waals surface area (Å²) in [6.07, 6.45) is 2.91. The zero-order valence-corrected chi connectivity index (χ0v) is 19.2. The molecule has 0 amide bonds. The van der Waals surface area contributed by atoms with Crippen LogP contribution in [0.25, 0.3) is 0 Å². The van der Waals surface area contributed by atoms with E-state index in [0.717, 1.165) is 54.6 Å². The van der Waals surface area contributed by atoms with E-state index in [-0.39, 0.29) is 11.1 Å². The van der Waals surface area contributed by atoms with Gasteiger partial charge in [0.15, 0.2) is 17.0 Å². The predicted molar refractivity (Wildman–Crippen MR) is 124 cm³/mol. The van der Waals surface area contributed by atoms with Crippen molar-refractivity contribution in [2.45, 2.75) is 0 Å². The van der Waals surface area contributed by atoms with Gasteiger partial charge in [0, 0.05) is 16.7 Å². The van der Waals surface area contributed by atoms with Gasteiger partial charge in [-0.05, 0) is 24.3 Å². The number of allylic oxidation sites excluding steroid dienone is 2. The van der Waals surface area contributed by atoms with Gasteiger partial charge in [-0.3, -0.25) is 19.2 Å². The van der Waals surface area contributed by atoms with Gasteiger partial charge in [0.2, 0.25) is 0 Å². The number of ketones is 2. The van der Waals surface area contributed by atoms with Crippen LogP contribution in [0.3, 0.4) is 0 Å². The number of Topliss-reactive ketones (excluding diaryl/α,β-unsaturated/α-hetero) is 2. The van der Waals surface area contributed by atoms with E-state index in [1.807, 2.05) is 0 Å². The van der Waals surface area contributed by atoms with E-state index < -0.39 is 86.5 Å². The highest BCUT2D eigenvalue weighted by molar-refractivity contribution is 6.23. The quantitative estimate of drug-likeness (QED) is 0.215. The third-order valence-corrected chi connectivity index (χ3v) is 6.27. The van der Waals surface area contributed by atoms with E-state index in [1.165, 1.54) is 0 Å². The molecule has 1 fully saturated rings. The Morgan fingerprint density at radius 3 is 1.69 bits per heavy atom. The molecular weight excluding hydrogens is 520 g/mol. The van der Waals surface area contributed by atoms with Gasteiger partial charge < -0.3 is 25.2 Å². The summed E-state index contributed by atoms with van der Waals surface area (Å²) in [4.78, 5) is 97.5. The van der Waals surface area contributed by atoms with E-state index in [2.05, 4.69) is 4.74 Å². The minimum Gasteiger partial charge on any atom is -0.478 e. The Balaban J connectivity index is 1.76. The summed E-state index contributed by atoms with van der Waals surface area (Å²) < 4.78 is 4.66. The SMILES string of the molecule is O=C(C1=CC2C(=O)OC(=O)C2(C(=O)c2ccc(C(=O)O)c(C(=O)O)c2)C=C1)c1ccc(C(=O)O)c(C(=O)O)c1. The average Bonchev–Trinajstić information content (AvgIpc) is 3.16. The number of carbonyl (C=O) groups excluding carboxylic acids is 4. The van der Waals surface area contributed by atoms with Crippen LogP contribution >= 0.6 is 0 Å². The standard InChI is InChI=1S/C26H14O13/c27-18(10-1-3-13(20(29)30)15(7-10)22(33)34)11-5-6-26(17(9-11)24(37)39-25(26)38)19(28)12-2-4-14(21(31)32)16(8-12)23(35)36/h1-9,17H,(H,29,30)(H,31,32)(H,33,34)(H,35,36). The number of hydrogen-bond acceptors (Lipinski definition) is 9. The average molecular weight is 534 g/mol. The number of rotatable bonds is 8. The Morgan fingerprint density at radius 1 is 0.692 bits per heavy atom. The molecule has 1 aliphatic heterocycles. The maximum atomic E-state index is 13.5. The first-order chi connectivity index (χ1) is 18.3. The first-order valence-electron chi connectivity index (χ1n) is 10.8. The molecule has 2 unspecified atom stereocenters. The Labute approximate surface area is 216 Å². The summed E-state index contributed by atoms with van der Waals surface area (Å²) in [5.74, 6) is -12.5. The molecule has 13 nitrogen and oxygen atoms in total. The van der Waals surface area contributed by atoms with Crippen LogP contribution in [0.4, 0.5) is 0 Å². The normalized spacial score (nSPS) is 19.5. The van der Waals surface area contributed by atoms with Crippen molar-refractivity contribution >= 4 is 47.4 Å². The highest BCUT2D eigenvalue weighted by Gasteiger charge is 2.61. The molecule has 39 heavy (non-hydrogen) atoms. The lowest BCUT2D eigenvalue weighted by Crippen LogP contribution is -2.41. The Morgan fingerprint density at radius 2 is 1.18 bits per heavy atom. The van der Waals surface area contributed by atoms with Gasteiger partial charge >= 0.3 is 35.8 Å². The molecule has 2 atom stereocenters. The second-order valence-electron chi connectivity index (χ2n) is 8.41. The van der Waals surface area contributed by atoms with Crippen molar-refractivity contribution in [1.82, 2.24) is 0 Å². The summed E-state index contributed by atoms with van der Waals surface area (Å²) in [6.45, 7) is 0. The highest BCUT2D eigenvalue weighted by atomic mass is 16.6. The van der Waals surface area contributed by atoms with Gasteiger partial charge in [0.25, 0.3) is 0 Å². The minimum absolute atomic E-state index is 0.248. The molecule has 13 heteroatoms. The number of carboxylic acid groups (broad SMARTS) is 4. The van der Waals surface area contributed by atoms with Gasteiger partial charge in [0.05, 0.1) is 22.3 Å². The molecule has 4 N–H and O–H groups in total. The maximum Gasteiger partial charge on any atom is 0.336 e. The molecule has 196 valence electrons. The third-order valence-electron chi connectivity index (χ3n) is 6.27. The molecule has 2 aliphatic rings. The van der Waals surface area contributed by atoms with Crippen LogP contribution in [0.5, 0.6) is 0 Å². The molecule has 0 aromatic heterocycles. The number of carboxylic acids is 4. The van der Waals surface area contributed by atoms with Crippen LogP contribution < -0.4 is 0 Å². The Hall–Kier alpha value is -5.72. The van der Waals surface area contributed by atoms with Crippen LogP contribution in [-0.2, 0) is 14.3 Å². The van der Waals surface area contributed by atoms with Crippen molar-refractivity contribution < 1.29 is 63.5 Å². The zero-order chi connectivity index (χ0) is 28.8. The van der Waals surface area contributed by atoms with Crippen LogP contribution in [0.2, 0.25) is 0 Å². The molecule has 0 saturated carbocycles. The molecule has 1 aliphatic carbocycles. The summed E-state index contributed by atoms with van der Waals surface area (Å²) in [7, 11) is 0. The van der Waals surface area contributed by atoms with Crippen molar-refractivity contribution in [3.63, 3.8) is 0 Å². The predicted octanol–water partition coefficient (Wildman–Crippen LogP) is 1.73. The lowest BCUT2D eigenvalue weighted by molar-refractivity contribution is -0.153. The Kier molecular flexibility index (Phi) is 6.28. The van der Waals surface area contributed by atoms with Gasteiger partial charge in [-0.25, -0.2) is 19.2 Å². The fraction of sp³-hybridized carbons (Fsp3) is 0.0769. The number of cyclic esters (lactones) is 2. The van der Waals surface area contributed by atoms with E-state index in [9.17, 15) is 53.7 Å². The van der Waals surface area contributed by atoms with Crippen molar-refractivity contribution in [2.75, 3.05) is 0 Å². The monoisotopic (exact) mass is 534 g/mol. The molecule has 1 heterocycles. The van der Waals surface area contributed by atoms with E-state index in [1.54, 1.807) is 0 Å². The molecule has 1 saturated heterocycles. The fourth-order valence-corrected chi connectivity index (χ4v) is 4.34. The summed E-state index contributed by atoms with van der Waals surface area (Å²) in [5, 5.41) is 37.0. The number of ether oxygens (including phenoxy) is 1. The lowest BCUT2D eigenvalue weighted by Gasteiger charge is -2.27. The van der Waals surface area contributed by atoms with Crippen LogP contribution in [0.15, 0.2) is 60.2 Å². The number of carbonyl (C=O) groups is 8. The summed E-state index contributed by atoms with van der Waals surface area (Å²) in [5.41, 5.74) is -5.88. The van der Waals surface area contributed by atoms with Crippen molar-refractivity contribution in [3.05, 3.63) is 93.6 Å². The zero-order valence-electron chi connectivity index (χ0n) is 19.2. The number of fused-ring (bicyclic) bond motifs is 1. The number of benzene rings is 2. The van der Waals surface area contributed by atoms with Gasteiger partial charge in [0.1, 0.15) is 5.92 Å². The summed E-state index contributed by atoms with van der Waals surface area (Å²) >= 11 is 0. The first-order valence-corrected chi connectivity index (χ1v) is 10.8. The molecule has 2 aromatic carbocycles. The highest BCUT2D eigenvalue weighted by Crippen LogP contribution is 2.45. The molecule has 2 aromatic rings. The van der Waals surface area contributed by atoms with E-state index in [4.69, 9.17) is 5.11 Å². The van der Waals surface area contributed by atoms with Crippen LogP contribution in [0, 0.1) is 11.3 Å². The third kappa shape index (κ3) is 4.17. The second kappa shape index (κ2) is 9.30. The maximum absolute atomic E-state index is 13.5. The van der Waals surface area contributed by atoms with E-state index in [0.29, 0.717) is 0 Å². The summed E-state index contributed by atoms with van der Waals surface area (Å²) in [6, 6.07) is 5.35. The van der Waals surface area contributed by atoms with Crippen molar-refractivity contribution in [1.29, 1.82) is 0 Å². The topological polar surface area (TPSA) is 227 Å². The molecule has 0 radical (unpaired) electrons. The van der Waals surface area contributed by atoms with Crippen molar-refractivity contribution in [3.8, 4) is 0 Å². The minimum atomic E-state index is -2.33. The van der Waals surface area contributed by atoms with E-state index >= 15 is 0 Å². The van der Waals surface area contributed by atoms with Crippen LogP contribution in [-0.4, -0.2) is 67.8 Å². The fourth-order valence-electron chi connectivity index (χ4n) is 4.34. The lowest BCUT2D eigenvalue weighted by atomic mass is 9.68.